The fourth-order valence-corrected chi connectivity index (χ4v) is 4.35. The van der Waals surface area contributed by atoms with Gasteiger partial charge in [-0.15, -0.1) is 0 Å². The molecule has 1 fully saturated rings. The Kier molecular flexibility index (Phi) is 5.00. The van der Waals surface area contributed by atoms with Crippen molar-refractivity contribution in [1.29, 1.82) is 0 Å². The molecule has 1 aliphatic rings. The van der Waals surface area contributed by atoms with Crippen LogP contribution < -0.4 is 0 Å². The lowest BCUT2D eigenvalue weighted by atomic mass is 9.82. The van der Waals surface area contributed by atoms with E-state index in [0.29, 0.717) is 31.2 Å². The summed E-state index contributed by atoms with van der Waals surface area (Å²) >= 11 is 0. The quantitative estimate of drug-likeness (QED) is 0.786. The Balaban J connectivity index is 2.18. The summed E-state index contributed by atoms with van der Waals surface area (Å²) in [6.45, 7) is 5.10. The Hall–Kier alpha value is -0.990. The van der Waals surface area contributed by atoms with Gasteiger partial charge in [0.05, 0.1) is 5.75 Å². The van der Waals surface area contributed by atoms with Gasteiger partial charge < -0.3 is 9.26 Å². The Morgan fingerprint density at radius 3 is 2.90 bits per heavy atom. The van der Waals surface area contributed by atoms with Crippen LogP contribution in [0.15, 0.2) is 4.52 Å². The molecular weight excluding hydrogens is 294 g/mol. The molecule has 1 unspecified atom stereocenters. The predicted molar refractivity (Wildman–Crippen MR) is 77.2 cm³/mol. The minimum absolute atomic E-state index is 0.185. The first-order valence-electron chi connectivity index (χ1n) is 7.21. The van der Waals surface area contributed by atoms with Crippen molar-refractivity contribution in [2.75, 3.05) is 26.0 Å². The topological polar surface area (TPSA) is 85.5 Å². The van der Waals surface area contributed by atoms with Crippen LogP contribution >= 0.6 is 0 Å². The van der Waals surface area contributed by atoms with Crippen molar-refractivity contribution in [3.05, 3.63) is 11.7 Å². The summed E-state index contributed by atoms with van der Waals surface area (Å²) in [5.74, 6) is 1.16. The molecule has 0 saturated carbocycles. The highest BCUT2D eigenvalue weighted by molar-refractivity contribution is 7.89. The van der Waals surface area contributed by atoms with E-state index < -0.39 is 15.4 Å². The monoisotopic (exact) mass is 317 g/mol. The smallest absolute Gasteiger partial charge is 0.252 e. The molecule has 8 heteroatoms. The summed E-state index contributed by atoms with van der Waals surface area (Å²) in [5, 5.41) is 4.01. The molecule has 2 rings (SSSR count). The molecule has 1 aromatic heterocycles. The van der Waals surface area contributed by atoms with Crippen LogP contribution in [0.25, 0.3) is 0 Å². The molecule has 0 aromatic carbocycles. The molecule has 120 valence electrons. The van der Waals surface area contributed by atoms with E-state index in [1.54, 1.807) is 11.4 Å². The SMILES string of the molecule is CCCS(=O)(=O)N1CCCC(C)(c2noc(COC)n2)C1. The van der Waals surface area contributed by atoms with E-state index in [4.69, 9.17) is 9.26 Å². The molecule has 0 spiro atoms. The summed E-state index contributed by atoms with van der Waals surface area (Å²) in [6, 6.07) is 0. The Morgan fingerprint density at radius 1 is 1.48 bits per heavy atom. The first-order chi connectivity index (χ1) is 9.91. The number of piperidine rings is 1. The van der Waals surface area contributed by atoms with Crippen LogP contribution in [0, 0.1) is 0 Å². The Labute approximate surface area is 125 Å². The number of methoxy groups -OCH3 is 1. The molecule has 1 aromatic rings. The number of aromatic nitrogens is 2. The van der Waals surface area contributed by atoms with Crippen molar-refractivity contribution in [3.63, 3.8) is 0 Å². The van der Waals surface area contributed by atoms with Crippen LogP contribution in [-0.4, -0.2) is 48.8 Å². The molecule has 21 heavy (non-hydrogen) atoms. The number of rotatable bonds is 6. The summed E-state index contributed by atoms with van der Waals surface area (Å²) in [7, 11) is -1.63. The van der Waals surface area contributed by atoms with Gasteiger partial charge in [0.2, 0.25) is 10.0 Å². The number of sulfonamides is 1. The van der Waals surface area contributed by atoms with Gasteiger partial charge in [-0.3, -0.25) is 0 Å². The molecule has 2 heterocycles. The Morgan fingerprint density at radius 2 is 2.24 bits per heavy atom. The van der Waals surface area contributed by atoms with Gasteiger partial charge in [0.1, 0.15) is 6.61 Å². The van der Waals surface area contributed by atoms with Crippen LogP contribution in [-0.2, 0) is 26.8 Å². The highest BCUT2D eigenvalue weighted by Crippen LogP contribution is 2.33. The van der Waals surface area contributed by atoms with Crippen molar-refractivity contribution in [1.82, 2.24) is 14.4 Å². The maximum atomic E-state index is 12.3. The van der Waals surface area contributed by atoms with E-state index in [1.807, 2.05) is 13.8 Å². The first kappa shape index (κ1) is 16.4. The third kappa shape index (κ3) is 3.61. The van der Waals surface area contributed by atoms with Gasteiger partial charge in [0.15, 0.2) is 5.82 Å². The molecule has 0 aliphatic carbocycles. The molecular formula is C13H23N3O4S. The van der Waals surface area contributed by atoms with E-state index in [9.17, 15) is 8.42 Å². The van der Waals surface area contributed by atoms with Crippen LogP contribution in [0.2, 0.25) is 0 Å². The zero-order valence-corrected chi connectivity index (χ0v) is 13.6. The number of hydrogen-bond donors (Lipinski definition) is 0. The molecule has 0 amide bonds. The molecule has 0 radical (unpaired) electrons. The van der Waals surface area contributed by atoms with E-state index in [1.165, 1.54) is 0 Å². The van der Waals surface area contributed by atoms with E-state index >= 15 is 0 Å². The maximum absolute atomic E-state index is 12.3. The lowest BCUT2D eigenvalue weighted by Crippen LogP contribution is -2.48. The van der Waals surface area contributed by atoms with E-state index in [0.717, 1.165) is 12.8 Å². The van der Waals surface area contributed by atoms with Gasteiger partial charge in [-0.1, -0.05) is 19.0 Å². The lowest BCUT2D eigenvalue weighted by molar-refractivity contribution is 0.151. The van der Waals surface area contributed by atoms with Crippen molar-refractivity contribution in [2.45, 2.75) is 45.1 Å². The van der Waals surface area contributed by atoms with Gasteiger partial charge in [-0.2, -0.15) is 4.98 Å². The number of hydrogen-bond acceptors (Lipinski definition) is 6. The van der Waals surface area contributed by atoms with Crippen molar-refractivity contribution < 1.29 is 17.7 Å². The number of nitrogens with zero attached hydrogens (tertiary/aromatic N) is 3. The predicted octanol–water partition coefficient (Wildman–Crippen LogP) is 1.31. The Bertz CT molecular complexity index is 572. The van der Waals surface area contributed by atoms with Crippen LogP contribution in [0.3, 0.4) is 0 Å². The fraction of sp³-hybridized carbons (Fsp3) is 0.846. The van der Waals surface area contributed by atoms with Crippen molar-refractivity contribution in [2.24, 2.45) is 0 Å². The van der Waals surface area contributed by atoms with Gasteiger partial charge >= 0.3 is 0 Å². The highest BCUT2D eigenvalue weighted by Gasteiger charge is 2.40. The number of ether oxygens (including phenoxy) is 1. The van der Waals surface area contributed by atoms with Gasteiger partial charge in [-0.05, 0) is 19.3 Å². The minimum Gasteiger partial charge on any atom is -0.375 e. The average molecular weight is 317 g/mol. The van der Waals surface area contributed by atoms with Crippen LogP contribution in [0.5, 0.6) is 0 Å². The standard InChI is InChI=1S/C13H23N3O4S/c1-4-8-21(17,18)16-7-5-6-13(2,10-16)12-14-11(9-19-3)20-15-12/h4-10H2,1-3H3. The van der Waals surface area contributed by atoms with Crippen LogP contribution in [0.4, 0.5) is 0 Å². The largest absolute Gasteiger partial charge is 0.375 e. The second-order valence-corrected chi connectivity index (χ2v) is 7.85. The minimum atomic E-state index is -3.19. The van der Waals surface area contributed by atoms with Crippen molar-refractivity contribution in [3.8, 4) is 0 Å². The molecule has 1 saturated heterocycles. The maximum Gasteiger partial charge on any atom is 0.252 e. The summed E-state index contributed by atoms with van der Waals surface area (Å²) < 4.78 is 36.2. The summed E-state index contributed by atoms with van der Waals surface area (Å²) in [4.78, 5) is 4.33. The molecule has 0 N–H and O–H groups in total. The fourth-order valence-electron chi connectivity index (χ4n) is 2.68. The summed E-state index contributed by atoms with van der Waals surface area (Å²) in [6.07, 6.45) is 2.26. The molecule has 7 nitrogen and oxygen atoms in total. The molecule has 1 atom stereocenters. The lowest BCUT2D eigenvalue weighted by Gasteiger charge is -2.37. The van der Waals surface area contributed by atoms with Gasteiger partial charge in [0, 0.05) is 25.6 Å². The van der Waals surface area contributed by atoms with Crippen LogP contribution in [0.1, 0.15) is 44.8 Å². The van der Waals surface area contributed by atoms with E-state index in [-0.39, 0.29) is 12.4 Å². The molecule has 1 aliphatic heterocycles. The van der Waals surface area contributed by atoms with Crippen molar-refractivity contribution >= 4 is 10.0 Å². The zero-order chi connectivity index (χ0) is 15.5. The highest BCUT2D eigenvalue weighted by atomic mass is 32.2. The second-order valence-electron chi connectivity index (χ2n) is 5.76. The normalized spacial score (nSPS) is 24.3. The third-order valence-corrected chi connectivity index (χ3v) is 5.82. The third-order valence-electron chi connectivity index (χ3n) is 3.79. The first-order valence-corrected chi connectivity index (χ1v) is 8.82. The van der Waals surface area contributed by atoms with Gasteiger partial charge in [0.25, 0.3) is 5.89 Å². The molecule has 0 bridgehead atoms. The summed E-state index contributed by atoms with van der Waals surface area (Å²) in [5.41, 5.74) is -0.408. The van der Waals surface area contributed by atoms with Gasteiger partial charge in [-0.25, -0.2) is 12.7 Å². The zero-order valence-electron chi connectivity index (χ0n) is 12.8. The van der Waals surface area contributed by atoms with E-state index in [2.05, 4.69) is 10.1 Å². The average Bonchev–Trinajstić information content (AvgIpc) is 2.89. The second kappa shape index (κ2) is 6.41.